The molecule has 4 rings (SSSR count). The quantitative estimate of drug-likeness (QED) is 0.503. The molecule has 0 saturated heterocycles. The highest BCUT2D eigenvalue weighted by Crippen LogP contribution is 2.35. The Morgan fingerprint density at radius 2 is 1.60 bits per heavy atom. The van der Waals surface area contributed by atoms with Gasteiger partial charge in [0.1, 0.15) is 6.54 Å². The Balaban J connectivity index is 1.69. The smallest absolute Gasteiger partial charge is 0.264 e. The Labute approximate surface area is 204 Å². The van der Waals surface area contributed by atoms with Gasteiger partial charge in [-0.15, -0.1) is 0 Å². The van der Waals surface area contributed by atoms with Crippen LogP contribution in [0.3, 0.4) is 0 Å². The predicted molar refractivity (Wildman–Crippen MR) is 131 cm³/mol. The number of methoxy groups -OCH3 is 2. The van der Waals surface area contributed by atoms with Gasteiger partial charge in [-0.1, -0.05) is 6.07 Å². The molecule has 0 radical (unpaired) electrons. The number of ether oxygens (including phenoxy) is 4. The summed E-state index contributed by atoms with van der Waals surface area (Å²) in [5, 5.41) is 2.74. The first-order valence-electron chi connectivity index (χ1n) is 10.7. The van der Waals surface area contributed by atoms with Gasteiger partial charge in [-0.2, -0.15) is 0 Å². The van der Waals surface area contributed by atoms with Gasteiger partial charge < -0.3 is 24.3 Å². The van der Waals surface area contributed by atoms with E-state index in [0.717, 1.165) is 15.4 Å². The Bertz CT molecular complexity index is 1350. The van der Waals surface area contributed by atoms with Crippen molar-refractivity contribution in [3.8, 4) is 23.0 Å². The van der Waals surface area contributed by atoms with E-state index in [1.54, 1.807) is 30.3 Å². The number of nitrogens with one attached hydrogen (secondary N) is 1. The fraction of sp³-hybridized carbons (Fsp3) is 0.240. The number of rotatable bonds is 8. The van der Waals surface area contributed by atoms with E-state index < -0.39 is 22.5 Å². The van der Waals surface area contributed by atoms with Crippen LogP contribution in [0, 0.1) is 13.8 Å². The van der Waals surface area contributed by atoms with E-state index in [2.05, 4.69) is 5.32 Å². The maximum Gasteiger partial charge on any atom is 0.264 e. The van der Waals surface area contributed by atoms with Crippen molar-refractivity contribution in [3.05, 3.63) is 65.7 Å². The first-order valence-corrected chi connectivity index (χ1v) is 12.2. The number of anilines is 2. The Morgan fingerprint density at radius 1 is 0.914 bits per heavy atom. The van der Waals surface area contributed by atoms with Gasteiger partial charge in [0.25, 0.3) is 10.0 Å². The molecular formula is C25H26N2O7S. The summed E-state index contributed by atoms with van der Waals surface area (Å²) >= 11 is 0. The molecule has 0 aliphatic carbocycles. The lowest BCUT2D eigenvalue weighted by molar-refractivity contribution is -0.114. The molecule has 10 heteroatoms. The molecule has 1 aliphatic rings. The fourth-order valence-electron chi connectivity index (χ4n) is 3.82. The first-order chi connectivity index (χ1) is 16.7. The second-order valence-electron chi connectivity index (χ2n) is 7.99. The van der Waals surface area contributed by atoms with Crippen LogP contribution in [0.25, 0.3) is 0 Å². The molecule has 0 saturated carbocycles. The lowest BCUT2D eigenvalue weighted by Crippen LogP contribution is -2.38. The standard InChI is InChI=1S/C25H26N2O7S/c1-16-9-17(2)11-19(10-16)27(35(29,30)20-6-8-21(31-3)23(13-20)32-4)14-25(28)26-18-5-7-22-24(12-18)34-15-33-22/h5-13H,14-15H2,1-4H3,(H,26,28). The molecular weight excluding hydrogens is 472 g/mol. The highest BCUT2D eigenvalue weighted by atomic mass is 32.2. The molecule has 0 aromatic heterocycles. The number of carbonyl (C=O) groups is 1. The summed E-state index contributed by atoms with van der Waals surface area (Å²) in [6.45, 7) is 3.39. The van der Waals surface area contributed by atoms with Crippen molar-refractivity contribution in [3.63, 3.8) is 0 Å². The minimum atomic E-state index is -4.15. The molecule has 1 aliphatic heterocycles. The molecule has 1 N–H and O–H groups in total. The summed E-state index contributed by atoms with van der Waals surface area (Å²) in [5.74, 6) is 1.22. The minimum Gasteiger partial charge on any atom is -0.493 e. The van der Waals surface area contributed by atoms with E-state index in [9.17, 15) is 13.2 Å². The van der Waals surface area contributed by atoms with Gasteiger partial charge in [-0.3, -0.25) is 9.10 Å². The molecule has 3 aromatic carbocycles. The molecule has 0 atom stereocenters. The number of nitrogens with zero attached hydrogens (tertiary/aromatic N) is 1. The second kappa shape index (κ2) is 9.75. The minimum absolute atomic E-state index is 0.0369. The summed E-state index contributed by atoms with van der Waals surface area (Å²) in [6.07, 6.45) is 0. The SMILES string of the molecule is COc1ccc(S(=O)(=O)N(CC(=O)Nc2ccc3c(c2)OCO3)c2cc(C)cc(C)c2)cc1OC. The number of benzene rings is 3. The van der Waals surface area contributed by atoms with E-state index >= 15 is 0 Å². The number of carbonyl (C=O) groups excluding carboxylic acids is 1. The molecule has 0 spiro atoms. The molecule has 0 unspecified atom stereocenters. The van der Waals surface area contributed by atoms with Crippen LogP contribution in [0.15, 0.2) is 59.5 Å². The van der Waals surface area contributed by atoms with Crippen molar-refractivity contribution in [2.24, 2.45) is 0 Å². The molecule has 0 bridgehead atoms. The van der Waals surface area contributed by atoms with Gasteiger partial charge in [0, 0.05) is 17.8 Å². The third kappa shape index (κ3) is 5.12. The topological polar surface area (TPSA) is 103 Å². The van der Waals surface area contributed by atoms with Gasteiger partial charge in [0.05, 0.1) is 24.8 Å². The zero-order valence-corrected chi connectivity index (χ0v) is 20.6. The number of hydrogen-bond acceptors (Lipinski definition) is 7. The summed E-state index contributed by atoms with van der Waals surface area (Å²) in [4.78, 5) is 13.0. The number of amides is 1. The van der Waals surface area contributed by atoms with Crippen LogP contribution in [0.2, 0.25) is 0 Å². The third-order valence-electron chi connectivity index (χ3n) is 5.38. The van der Waals surface area contributed by atoms with Gasteiger partial charge >= 0.3 is 0 Å². The highest BCUT2D eigenvalue weighted by Gasteiger charge is 2.29. The number of aryl methyl sites for hydroxylation is 2. The maximum atomic E-state index is 13.8. The molecule has 0 fully saturated rings. The molecule has 9 nitrogen and oxygen atoms in total. The third-order valence-corrected chi connectivity index (χ3v) is 7.15. The summed E-state index contributed by atoms with van der Waals surface area (Å²) in [6, 6.07) is 14.6. The molecule has 1 amide bonds. The number of fused-ring (bicyclic) bond motifs is 1. The maximum absolute atomic E-state index is 13.8. The van der Waals surface area contributed by atoms with Crippen molar-refractivity contribution in [1.29, 1.82) is 0 Å². The fourth-order valence-corrected chi connectivity index (χ4v) is 5.24. The lowest BCUT2D eigenvalue weighted by Gasteiger charge is -2.25. The molecule has 184 valence electrons. The monoisotopic (exact) mass is 498 g/mol. The molecule has 1 heterocycles. The van der Waals surface area contributed by atoms with Crippen LogP contribution in [0.4, 0.5) is 11.4 Å². The van der Waals surface area contributed by atoms with Crippen LogP contribution in [-0.2, 0) is 14.8 Å². The van der Waals surface area contributed by atoms with E-state index in [1.807, 2.05) is 19.9 Å². The summed E-state index contributed by atoms with van der Waals surface area (Å²) in [5.41, 5.74) is 2.56. The van der Waals surface area contributed by atoms with Crippen LogP contribution >= 0.6 is 0 Å². The van der Waals surface area contributed by atoms with Gasteiger partial charge in [0.15, 0.2) is 23.0 Å². The van der Waals surface area contributed by atoms with Crippen LogP contribution in [0.1, 0.15) is 11.1 Å². The Hall–Kier alpha value is -3.92. The average Bonchev–Trinajstić information content (AvgIpc) is 3.29. The van der Waals surface area contributed by atoms with Crippen molar-refractivity contribution in [2.45, 2.75) is 18.7 Å². The van der Waals surface area contributed by atoms with Crippen molar-refractivity contribution in [2.75, 3.05) is 37.2 Å². The Morgan fingerprint density at radius 3 is 2.29 bits per heavy atom. The van der Waals surface area contributed by atoms with Crippen LogP contribution in [0.5, 0.6) is 23.0 Å². The van der Waals surface area contributed by atoms with Crippen molar-refractivity contribution in [1.82, 2.24) is 0 Å². The highest BCUT2D eigenvalue weighted by molar-refractivity contribution is 7.92. The zero-order valence-electron chi connectivity index (χ0n) is 19.8. The van der Waals surface area contributed by atoms with Crippen LogP contribution in [-0.4, -0.2) is 41.9 Å². The average molecular weight is 499 g/mol. The van der Waals surface area contributed by atoms with Crippen molar-refractivity contribution >= 4 is 27.3 Å². The van der Waals surface area contributed by atoms with E-state index in [1.165, 1.54) is 32.4 Å². The molecule has 3 aromatic rings. The largest absolute Gasteiger partial charge is 0.493 e. The lowest BCUT2D eigenvalue weighted by atomic mass is 10.1. The number of hydrogen-bond donors (Lipinski definition) is 1. The zero-order chi connectivity index (χ0) is 25.2. The van der Waals surface area contributed by atoms with E-state index in [4.69, 9.17) is 18.9 Å². The van der Waals surface area contributed by atoms with Gasteiger partial charge in [-0.05, 0) is 61.4 Å². The first kappa shape index (κ1) is 24.2. The van der Waals surface area contributed by atoms with Crippen LogP contribution < -0.4 is 28.6 Å². The van der Waals surface area contributed by atoms with E-state index in [-0.39, 0.29) is 17.4 Å². The number of sulfonamides is 1. The van der Waals surface area contributed by atoms with Gasteiger partial charge in [0.2, 0.25) is 12.7 Å². The predicted octanol–water partition coefficient (Wildman–Crippen LogP) is 3.88. The summed E-state index contributed by atoms with van der Waals surface area (Å²) in [7, 11) is -1.26. The van der Waals surface area contributed by atoms with Gasteiger partial charge in [-0.25, -0.2) is 8.42 Å². The van der Waals surface area contributed by atoms with Crippen molar-refractivity contribution < 1.29 is 32.2 Å². The summed E-state index contributed by atoms with van der Waals surface area (Å²) < 4.78 is 49.8. The molecule has 35 heavy (non-hydrogen) atoms. The Kier molecular flexibility index (Phi) is 6.74. The normalized spacial score (nSPS) is 12.2. The van der Waals surface area contributed by atoms with E-state index in [0.29, 0.717) is 28.6 Å². The second-order valence-corrected chi connectivity index (χ2v) is 9.85.